The Morgan fingerprint density at radius 3 is 2.09 bits per heavy atom. The van der Waals surface area contributed by atoms with E-state index in [0.29, 0.717) is 23.6 Å². The van der Waals surface area contributed by atoms with Gasteiger partial charge in [-0.05, 0) is 42.7 Å². The number of carbonyl (C=O) groups is 1. The Kier molecular flexibility index (Phi) is 13.3. The summed E-state index contributed by atoms with van der Waals surface area (Å²) in [5, 5.41) is 12.2. The minimum atomic E-state index is -0.196. The number of ether oxygens (including phenoxy) is 1. The molecule has 2 aromatic carbocycles. The molecule has 33 heavy (non-hydrogen) atoms. The molecule has 0 saturated carbocycles. The number of hydrogen-bond acceptors (Lipinski definition) is 3. The van der Waals surface area contributed by atoms with Crippen molar-refractivity contribution in [3.63, 3.8) is 0 Å². The smallest absolute Gasteiger partial charge is 0.259 e. The number of aliphatic hydroxyl groups excluding tert-OH is 1. The largest absolute Gasteiger partial charge is 0.492 e. The molecule has 182 valence electrons. The van der Waals surface area contributed by atoms with Gasteiger partial charge in [0.25, 0.3) is 5.91 Å². The van der Waals surface area contributed by atoms with E-state index in [9.17, 15) is 9.90 Å². The highest BCUT2D eigenvalue weighted by molar-refractivity contribution is 6.06. The van der Waals surface area contributed by atoms with Crippen LogP contribution < -0.4 is 10.1 Å². The van der Waals surface area contributed by atoms with Crippen LogP contribution in [0.5, 0.6) is 5.75 Å². The van der Waals surface area contributed by atoms with E-state index in [1.54, 1.807) is 12.1 Å². The van der Waals surface area contributed by atoms with Crippen molar-refractivity contribution in [1.29, 1.82) is 0 Å². The molecule has 0 heterocycles. The van der Waals surface area contributed by atoms with Crippen LogP contribution in [0.1, 0.15) is 105 Å². The number of para-hydroxylation sites is 1. The lowest BCUT2D eigenvalue weighted by atomic mass is 10.1. The molecule has 0 aliphatic heterocycles. The van der Waals surface area contributed by atoms with Crippen molar-refractivity contribution < 1.29 is 14.6 Å². The van der Waals surface area contributed by atoms with E-state index in [1.807, 2.05) is 37.3 Å². The van der Waals surface area contributed by atoms with Crippen LogP contribution in [-0.2, 0) is 6.61 Å². The highest BCUT2D eigenvalue weighted by Gasteiger charge is 2.15. The van der Waals surface area contributed by atoms with E-state index in [1.165, 1.54) is 64.2 Å². The molecule has 0 aliphatic rings. The Morgan fingerprint density at radius 1 is 0.848 bits per heavy atom. The predicted molar refractivity (Wildman–Crippen MR) is 138 cm³/mol. The third kappa shape index (κ3) is 10.4. The fourth-order valence-electron chi connectivity index (χ4n) is 4.09. The van der Waals surface area contributed by atoms with Crippen LogP contribution in [0, 0.1) is 6.92 Å². The lowest BCUT2D eigenvalue weighted by Crippen LogP contribution is -2.15. The van der Waals surface area contributed by atoms with Crippen molar-refractivity contribution in [2.75, 3.05) is 11.9 Å². The molecule has 4 nitrogen and oxygen atoms in total. The molecule has 0 saturated heterocycles. The second kappa shape index (κ2) is 16.3. The van der Waals surface area contributed by atoms with E-state index in [-0.39, 0.29) is 12.5 Å². The van der Waals surface area contributed by atoms with E-state index in [4.69, 9.17) is 4.74 Å². The second-order valence-corrected chi connectivity index (χ2v) is 9.00. The lowest BCUT2D eigenvalue weighted by molar-refractivity contribution is 0.102. The molecular formula is C29H43NO3. The molecule has 4 heteroatoms. The van der Waals surface area contributed by atoms with Crippen LogP contribution in [0.2, 0.25) is 0 Å². The van der Waals surface area contributed by atoms with Crippen LogP contribution in [0.15, 0.2) is 42.5 Å². The Bertz CT molecular complexity index is 818. The van der Waals surface area contributed by atoms with Gasteiger partial charge in [-0.25, -0.2) is 0 Å². The number of unbranched alkanes of at least 4 members (excludes halogenated alkanes) is 11. The predicted octanol–water partition coefficient (Wildman–Crippen LogP) is 7.82. The van der Waals surface area contributed by atoms with Crippen LogP contribution in [0.25, 0.3) is 0 Å². The summed E-state index contributed by atoms with van der Waals surface area (Å²) in [4.78, 5) is 12.9. The molecule has 0 unspecified atom stereocenters. The maximum atomic E-state index is 12.9. The molecule has 2 N–H and O–H groups in total. The summed E-state index contributed by atoms with van der Waals surface area (Å²) in [6, 6.07) is 12.9. The van der Waals surface area contributed by atoms with Crippen LogP contribution >= 0.6 is 0 Å². The first-order valence-electron chi connectivity index (χ1n) is 12.9. The molecule has 0 fully saturated rings. The topological polar surface area (TPSA) is 58.6 Å². The summed E-state index contributed by atoms with van der Waals surface area (Å²) in [6.45, 7) is 4.81. The van der Waals surface area contributed by atoms with Crippen LogP contribution in [0.4, 0.5) is 5.69 Å². The number of hydrogen-bond donors (Lipinski definition) is 2. The van der Waals surface area contributed by atoms with Crippen molar-refractivity contribution >= 4 is 11.6 Å². The third-order valence-electron chi connectivity index (χ3n) is 6.07. The zero-order chi connectivity index (χ0) is 23.7. The van der Waals surface area contributed by atoms with E-state index < -0.39 is 0 Å². The van der Waals surface area contributed by atoms with Gasteiger partial charge in [-0.2, -0.15) is 0 Å². The van der Waals surface area contributed by atoms with Crippen molar-refractivity contribution in [2.45, 2.75) is 97.5 Å². The number of benzene rings is 2. The van der Waals surface area contributed by atoms with E-state index >= 15 is 0 Å². The Hall–Kier alpha value is -2.33. The first-order chi connectivity index (χ1) is 16.2. The molecule has 0 atom stereocenters. The van der Waals surface area contributed by atoms with Gasteiger partial charge >= 0.3 is 0 Å². The Morgan fingerprint density at radius 2 is 1.45 bits per heavy atom. The van der Waals surface area contributed by atoms with Gasteiger partial charge in [-0.3, -0.25) is 4.79 Å². The normalized spacial score (nSPS) is 10.9. The molecule has 1 amide bonds. The summed E-state index contributed by atoms with van der Waals surface area (Å²) in [5.74, 6) is 0.467. The van der Waals surface area contributed by atoms with Gasteiger partial charge in [0.2, 0.25) is 0 Å². The van der Waals surface area contributed by atoms with Crippen LogP contribution in [-0.4, -0.2) is 17.6 Å². The maximum absolute atomic E-state index is 12.9. The highest BCUT2D eigenvalue weighted by Crippen LogP contribution is 2.25. The first kappa shape index (κ1) is 26.9. The lowest BCUT2D eigenvalue weighted by Gasteiger charge is -2.14. The van der Waals surface area contributed by atoms with Gasteiger partial charge in [0, 0.05) is 5.69 Å². The maximum Gasteiger partial charge on any atom is 0.259 e. The van der Waals surface area contributed by atoms with Crippen molar-refractivity contribution in [2.24, 2.45) is 0 Å². The number of aryl methyl sites for hydroxylation is 1. The number of rotatable bonds is 17. The molecular weight excluding hydrogens is 410 g/mol. The first-order valence-corrected chi connectivity index (χ1v) is 12.9. The monoisotopic (exact) mass is 453 g/mol. The quantitative estimate of drug-likeness (QED) is 0.240. The van der Waals surface area contributed by atoms with Crippen molar-refractivity contribution in [1.82, 2.24) is 0 Å². The summed E-state index contributed by atoms with van der Waals surface area (Å²) >= 11 is 0. The molecule has 0 spiro atoms. The Balaban J connectivity index is 1.69. The number of amides is 1. The standard InChI is InChI=1S/C29H43NO3/c1-3-4-5-6-7-8-9-10-11-12-13-14-21-33-28-24(2)17-15-20-27(28)29(32)30-26-19-16-18-25(22-26)23-31/h15-20,22,31H,3-14,21,23H2,1-2H3,(H,30,32). The molecule has 0 aromatic heterocycles. The van der Waals surface area contributed by atoms with Crippen molar-refractivity contribution in [3.05, 3.63) is 59.2 Å². The van der Waals surface area contributed by atoms with Crippen molar-refractivity contribution in [3.8, 4) is 5.75 Å². The summed E-state index contributed by atoms with van der Waals surface area (Å²) in [6.07, 6.45) is 15.7. The number of aliphatic hydroxyl groups is 1. The van der Waals surface area contributed by atoms with Gasteiger partial charge in [-0.15, -0.1) is 0 Å². The summed E-state index contributed by atoms with van der Waals surface area (Å²) in [5.41, 5.74) is 2.94. The van der Waals surface area contributed by atoms with Gasteiger partial charge in [0.1, 0.15) is 5.75 Å². The highest BCUT2D eigenvalue weighted by atomic mass is 16.5. The fourth-order valence-corrected chi connectivity index (χ4v) is 4.09. The molecule has 0 aliphatic carbocycles. The second-order valence-electron chi connectivity index (χ2n) is 9.00. The van der Waals surface area contributed by atoms with E-state index in [2.05, 4.69) is 12.2 Å². The Labute approximate surface area is 200 Å². The van der Waals surface area contributed by atoms with Gasteiger partial charge in [-0.1, -0.05) is 102 Å². The van der Waals surface area contributed by atoms with Crippen LogP contribution in [0.3, 0.4) is 0 Å². The number of anilines is 1. The zero-order valence-corrected chi connectivity index (χ0v) is 20.7. The number of carbonyl (C=O) groups excluding carboxylic acids is 1. The fraction of sp³-hybridized carbons (Fsp3) is 0.552. The van der Waals surface area contributed by atoms with Gasteiger partial charge in [0.05, 0.1) is 18.8 Å². The molecule has 0 bridgehead atoms. The molecule has 0 radical (unpaired) electrons. The minimum absolute atomic E-state index is 0.0540. The number of nitrogens with one attached hydrogen (secondary N) is 1. The van der Waals surface area contributed by atoms with Gasteiger partial charge < -0.3 is 15.2 Å². The zero-order valence-electron chi connectivity index (χ0n) is 20.7. The SMILES string of the molecule is CCCCCCCCCCCCCCOc1c(C)cccc1C(=O)Nc1cccc(CO)c1. The average Bonchev–Trinajstić information content (AvgIpc) is 2.82. The minimum Gasteiger partial charge on any atom is -0.492 e. The third-order valence-corrected chi connectivity index (χ3v) is 6.07. The average molecular weight is 454 g/mol. The summed E-state index contributed by atoms with van der Waals surface area (Å²) in [7, 11) is 0. The molecule has 2 rings (SSSR count). The summed E-state index contributed by atoms with van der Waals surface area (Å²) < 4.78 is 6.06. The van der Waals surface area contributed by atoms with Gasteiger partial charge in [0.15, 0.2) is 0 Å². The van der Waals surface area contributed by atoms with E-state index in [0.717, 1.165) is 24.0 Å². The molecule has 2 aromatic rings.